The zero-order chi connectivity index (χ0) is 11.4. The molecule has 0 amide bonds. The Kier molecular flexibility index (Phi) is 3.79. The molecule has 1 aliphatic heterocycles. The van der Waals surface area contributed by atoms with Gasteiger partial charge in [-0.05, 0) is 12.0 Å². The van der Waals surface area contributed by atoms with Gasteiger partial charge in [-0.3, -0.25) is 0 Å². The highest BCUT2D eigenvalue weighted by atomic mass is 28.1. The van der Waals surface area contributed by atoms with E-state index in [0.29, 0.717) is 6.61 Å². The predicted octanol–water partition coefficient (Wildman–Crippen LogP) is 1.42. The molecule has 16 heavy (non-hydrogen) atoms. The highest BCUT2D eigenvalue weighted by molar-refractivity contribution is 6.32. The summed E-state index contributed by atoms with van der Waals surface area (Å²) in [5.74, 6) is 0. The Balaban J connectivity index is 1.77. The summed E-state index contributed by atoms with van der Waals surface area (Å²) >= 11 is 0. The summed E-state index contributed by atoms with van der Waals surface area (Å²) in [6.45, 7) is 5.39. The van der Waals surface area contributed by atoms with Crippen LogP contribution in [0.3, 0.4) is 0 Å². The highest BCUT2D eigenvalue weighted by Crippen LogP contribution is 2.31. The van der Waals surface area contributed by atoms with Gasteiger partial charge in [0.15, 0.2) is 0 Å². The maximum Gasteiger partial charge on any atom is 0.0717 e. The highest BCUT2D eigenvalue weighted by Gasteiger charge is 2.36. The summed E-state index contributed by atoms with van der Waals surface area (Å²) in [4.78, 5) is 0. The van der Waals surface area contributed by atoms with Crippen molar-refractivity contribution in [3.8, 4) is 0 Å². The average molecular weight is 233 g/mol. The lowest BCUT2D eigenvalue weighted by molar-refractivity contribution is -0.152. The average Bonchev–Trinajstić information content (AvgIpc) is 2.25. The maximum atomic E-state index is 5.76. The Morgan fingerprint density at radius 2 is 2.00 bits per heavy atom. The molecule has 0 aromatic heterocycles. The summed E-state index contributed by atoms with van der Waals surface area (Å²) in [6.07, 6.45) is 1.13. The molecule has 1 aromatic rings. The number of hydrogen-bond acceptors (Lipinski definition) is 2. The molecule has 3 radical (unpaired) electrons. The van der Waals surface area contributed by atoms with E-state index >= 15 is 0 Å². The number of benzene rings is 1. The van der Waals surface area contributed by atoms with Gasteiger partial charge in [0.25, 0.3) is 0 Å². The number of hydrogen-bond donors (Lipinski definition) is 0. The molecule has 2 rings (SSSR count). The zero-order valence-corrected chi connectivity index (χ0v) is 10.7. The number of rotatable bonds is 5. The van der Waals surface area contributed by atoms with E-state index in [2.05, 4.69) is 29.3 Å². The first-order chi connectivity index (χ1) is 7.74. The third-order valence-electron chi connectivity index (χ3n) is 3.20. The standard InChI is InChI=1S/C13H17O2Si/c1-2-13(9-15-10-13)8-14-7-11-3-5-12(16)6-4-11/h3-6H,2,7-10H2,1H3. The van der Waals surface area contributed by atoms with Crippen LogP contribution in [0.4, 0.5) is 0 Å². The quantitative estimate of drug-likeness (QED) is 0.716. The van der Waals surface area contributed by atoms with Crippen LogP contribution in [0, 0.1) is 5.41 Å². The molecule has 0 unspecified atom stereocenters. The Bertz CT molecular complexity index is 325. The summed E-state index contributed by atoms with van der Waals surface area (Å²) in [7, 11) is 3.47. The van der Waals surface area contributed by atoms with E-state index < -0.39 is 0 Å². The molecular formula is C13H17O2Si. The Morgan fingerprint density at radius 3 is 2.50 bits per heavy atom. The van der Waals surface area contributed by atoms with Crippen molar-refractivity contribution in [2.24, 2.45) is 5.41 Å². The first kappa shape index (κ1) is 11.8. The van der Waals surface area contributed by atoms with Crippen molar-refractivity contribution in [2.75, 3.05) is 19.8 Å². The van der Waals surface area contributed by atoms with Crippen LogP contribution in [-0.2, 0) is 16.1 Å². The molecule has 0 saturated carbocycles. The third-order valence-corrected chi connectivity index (χ3v) is 3.53. The fourth-order valence-electron chi connectivity index (χ4n) is 1.77. The molecule has 0 bridgehead atoms. The minimum Gasteiger partial charge on any atom is -0.380 e. The first-order valence-electron chi connectivity index (χ1n) is 5.70. The molecule has 0 aliphatic carbocycles. The van der Waals surface area contributed by atoms with E-state index in [1.165, 1.54) is 5.56 Å². The maximum absolute atomic E-state index is 5.76. The SMILES string of the molecule is CCC1(COCc2ccc([Si])cc2)COC1. The molecular weight excluding hydrogens is 216 g/mol. The molecule has 1 aromatic carbocycles. The van der Waals surface area contributed by atoms with E-state index in [-0.39, 0.29) is 5.41 Å². The van der Waals surface area contributed by atoms with E-state index in [1.54, 1.807) is 0 Å². The van der Waals surface area contributed by atoms with E-state index in [0.717, 1.165) is 31.4 Å². The fourth-order valence-corrected chi connectivity index (χ4v) is 1.93. The summed E-state index contributed by atoms with van der Waals surface area (Å²) in [5, 5.41) is 1.10. The van der Waals surface area contributed by atoms with Crippen molar-refractivity contribution in [3.05, 3.63) is 29.8 Å². The Labute approximate surface area is 100 Å². The van der Waals surface area contributed by atoms with Crippen molar-refractivity contribution < 1.29 is 9.47 Å². The molecule has 85 valence electrons. The Hall–Kier alpha value is -0.643. The van der Waals surface area contributed by atoms with Crippen LogP contribution in [0.15, 0.2) is 24.3 Å². The van der Waals surface area contributed by atoms with Crippen LogP contribution in [0.25, 0.3) is 0 Å². The van der Waals surface area contributed by atoms with E-state index in [4.69, 9.17) is 9.47 Å². The monoisotopic (exact) mass is 233 g/mol. The Morgan fingerprint density at radius 1 is 1.31 bits per heavy atom. The van der Waals surface area contributed by atoms with Gasteiger partial charge in [-0.2, -0.15) is 0 Å². The van der Waals surface area contributed by atoms with Crippen LogP contribution < -0.4 is 5.19 Å². The van der Waals surface area contributed by atoms with Gasteiger partial charge in [-0.25, -0.2) is 0 Å². The summed E-state index contributed by atoms with van der Waals surface area (Å²) < 4.78 is 11.0. The second-order valence-corrected chi connectivity index (χ2v) is 5.11. The fraction of sp³-hybridized carbons (Fsp3) is 0.538. The summed E-state index contributed by atoms with van der Waals surface area (Å²) in [5.41, 5.74) is 1.50. The molecule has 0 N–H and O–H groups in total. The minimum atomic E-state index is 0.287. The van der Waals surface area contributed by atoms with Crippen molar-refractivity contribution in [1.29, 1.82) is 0 Å². The van der Waals surface area contributed by atoms with Crippen molar-refractivity contribution >= 4 is 15.4 Å². The van der Waals surface area contributed by atoms with Gasteiger partial charge in [0, 0.05) is 5.41 Å². The molecule has 0 spiro atoms. The smallest absolute Gasteiger partial charge is 0.0717 e. The predicted molar refractivity (Wildman–Crippen MR) is 65.0 cm³/mol. The molecule has 1 aliphatic rings. The van der Waals surface area contributed by atoms with Gasteiger partial charge < -0.3 is 9.47 Å². The van der Waals surface area contributed by atoms with Gasteiger partial charge in [-0.15, -0.1) is 0 Å². The second kappa shape index (κ2) is 5.12. The lowest BCUT2D eigenvalue weighted by Gasteiger charge is -2.40. The van der Waals surface area contributed by atoms with E-state index in [9.17, 15) is 0 Å². The van der Waals surface area contributed by atoms with Gasteiger partial charge in [-0.1, -0.05) is 36.4 Å². The van der Waals surface area contributed by atoms with Crippen LogP contribution >= 0.6 is 0 Å². The summed E-state index contributed by atoms with van der Waals surface area (Å²) in [6, 6.07) is 8.24. The van der Waals surface area contributed by atoms with Crippen molar-refractivity contribution in [1.82, 2.24) is 0 Å². The van der Waals surface area contributed by atoms with Crippen molar-refractivity contribution in [2.45, 2.75) is 20.0 Å². The lowest BCUT2D eigenvalue weighted by atomic mass is 9.84. The minimum absolute atomic E-state index is 0.287. The van der Waals surface area contributed by atoms with Crippen LogP contribution in [0.1, 0.15) is 18.9 Å². The first-order valence-corrected chi connectivity index (χ1v) is 6.20. The lowest BCUT2D eigenvalue weighted by Crippen LogP contribution is -2.45. The van der Waals surface area contributed by atoms with Crippen LogP contribution in [-0.4, -0.2) is 30.1 Å². The topological polar surface area (TPSA) is 18.5 Å². The van der Waals surface area contributed by atoms with Gasteiger partial charge >= 0.3 is 0 Å². The number of ether oxygens (including phenoxy) is 2. The zero-order valence-electron chi connectivity index (χ0n) is 9.66. The molecule has 2 nitrogen and oxygen atoms in total. The van der Waals surface area contributed by atoms with Gasteiger partial charge in [0.1, 0.15) is 0 Å². The van der Waals surface area contributed by atoms with Gasteiger partial charge in [0.05, 0.1) is 36.7 Å². The molecule has 1 saturated heterocycles. The molecule has 0 atom stereocenters. The normalized spacial score (nSPS) is 18.1. The third kappa shape index (κ3) is 2.73. The molecule has 3 heteroatoms. The van der Waals surface area contributed by atoms with Crippen molar-refractivity contribution in [3.63, 3.8) is 0 Å². The second-order valence-electron chi connectivity index (χ2n) is 4.54. The largest absolute Gasteiger partial charge is 0.380 e. The molecule has 1 fully saturated rings. The van der Waals surface area contributed by atoms with E-state index in [1.807, 2.05) is 12.1 Å². The van der Waals surface area contributed by atoms with Gasteiger partial charge in [0.2, 0.25) is 0 Å². The molecule has 1 heterocycles. The van der Waals surface area contributed by atoms with Crippen LogP contribution in [0.2, 0.25) is 0 Å². The van der Waals surface area contributed by atoms with Crippen LogP contribution in [0.5, 0.6) is 0 Å².